The summed E-state index contributed by atoms with van der Waals surface area (Å²) < 4.78 is 0. The van der Waals surface area contributed by atoms with Crippen LogP contribution in [0.5, 0.6) is 0 Å². The summed E-state index contributed by atoms with van der Waals surface area (Å²) in [5.74, 6) is 0.226. The summed E-state index contributed by atoms with van der Waals surface area (Å²) in [6.45, 7) is 4.08. The van der Waals surface area contributed by atoms with Gasteiger partial charge in [-0.05, 0) is 49.4 Å². The van der Waals surface area contributed by atoms with Crippen LogP contribution in [-0.4, -0.2) is 35.8 Å². The van der Waals surface area contributed by atoms with Crippen molar-refractivity contribution in [3.63, 3.8) is 0 Å². The zero-order valence-electron chi connectivity index (χ0n) is 16.0. The van der Waals surface area contributed by atoms with Crippen LogP contribution in [0.4, 0.5) is 5.69 Å². The Kier molecular flexibility index (Phi) is 9.09. The molecular formula is C20H32ClN3O2. The molecule has 2 amide bonds. The largest absolute Gasteiger partial charge is 0.339 e. The van der Waals surface area contributed by atoms with Crippen LogP contribution < -0.4 is 11.1 Å². The van der Waals surface area contributed by atoms with E-state index < -0.39 is 6.04 Å². The minimum atomic E-state index is -0.515. The maximum Gasteiger partial charge on any atom is 0.253 e. The molecule has 3 N–H and O–H groups in total. The number of amides is 2. The third-order valence-electron chi connectivity index (χ3n) is 4.90. The normalized spacial score (nSPS) is 15.9. The van der Waals surface area contributed by atoms with Crippen molar-refractivity contribution in [1.29, 1.82) is 0 Å². The Hall–Kier alpha value is -1.59. The number of hydrogen-bond acceptors (Lipinski definition) is 3. The standard InChI is InChI=1S/C20H31N3O2.ClH/c1-14(2)13-18(21)19(24)22-16-11-9-15(10-12-16)20(25)23(3)17-7-5-4-6-8-17;/h9-12,14,17-18H,4-8,13,21H2,1-3H3,(H,22,24);1H/t18-;/m0./s1. The first-order chi connectivity index (χ1) is 11.9. The molecule has 1 aromatic rings. The number of nitrogens with one attached hydrogen (secondary N) is 1. The smallest absolute Gasteiger partial charge is 0.253 e. The Morgan fingerprint density at radius 1 is 1.15 bits per heavy atom. The summed E-state index contributed by atoms with van der Waals surface area (Å²) in [5.41, 5.74) is 7.21. The average Bonchev–Trinajstić information content (AvgIpc) is 2.61. The van der Waals surface area contributed by atoms with Crippen molar-refractivity contribution in [3.05, 3.63) is 29.8 Å². The Balaban J connectivity index is 0.00000338. The third-order valence-corrected chi connectivity index (χ3v) is 4.90. The third kappa shape index (κ3) is 6.29. The lowest BCUT2D eigenvalue weighted by Gasteiger charge is -2.31. The molecule has 6 heteroatoms. The summed E-state index contributed by atoms with van der Waals surface area (Å²) in [4.78, 5) is 26.6. The number of benzene rings is 1. The molecule has 0 radical (unpaired) electrons. The van der Waals surface area contributed by atoms with E-state index in [1.165, 1.54) is 19.3 Å². The van der Waals surface area contributed by atoms with Gasteiger partial charge >= 0.3 is 0 Å². The highest BCUT2D eigenvalue weighted by Crippen LogP contribution is 2.23. The van der Waals surface area contributed by atoms with E-state index >= 15 is 0 Å². The molecule has 0 aromatic heterocycles. The summed E-state index contributed by atoms with van der Waals surface area (Å²) in [5, 5.41) is 2.82. The van der Waals surface area contributed by atoms with Gasteiger partial charge in [0.2, 0.25) is 5.91 Å². The lowest BCUT2D eigenvalue weighted by atomic mass is 9.94. The maximum absolute atomic E-state index is 12.6. The van der Waals surface area contributed by atoms with Gasteiger partial charge in [-0.2, -0.15) is 0 Å². The van der Waals surface area contributed by atoms with E-state index in [4.69, 9.17) is 5.73 Å². The van der Waals surface area contributed by atoms with Crippen molar-refractivity contribution in [1.82, 2.24) is 4.90 Å². The highest BCUT2D eigenvalue weighted by molar-refractivity contribution is 5.97. The van der Waals surface area contributed by atoms with Crippen molar-refractivity contribution in [2.45, 2.75) is 64.5 Å². The van der Waals surface area contributed by atoms with Crippen LogP contribution in [0.2, 0.25) is 0 Å². The Morgan fingerprint density at radius 2 is 1.73 bits per heavy atom. The molecule has 0 bridgehead atoms. The molecule has 1 atom stereocenters. The van der Waals surface area contributed by atoms with E-state index in [0.29, 0.717) is 29.6 Å². The first-order valence-electron chi connectivity index (χ1n) is 9.32. The minimum Gasteiger partial charge on any atom is -0.339 e. The molecule has 26 heavy (non-hydrogen) atoms. The number of halogens is 1. The quantitative estimate of drug-likeness (QED) is 0.786. The molecule has 0 saturated heterocycles. The highest BCUT2D eigenvalue weighted by Gasteiger charge is 2.23. The summed E-state index contributed by atoms with van der Waals surface area (Å²) in [6.07, 6.45) is 6.49. The van der Waals surface area contributed by atoms with Crippen molar-refractivity contribution < 1.29 is 9.59 Å². The molecular weight excluding hydrogens is 350 g/mol. The first-order valence-corrected chi connectivity index (χ1v) is 9.32. The molecule has 0 spiro atoms. The second-order valence-corrected chi connectivity index (χ2v) is 7.51. The van der Waals surface area contributed by atoms with E-state index in [9.17, 15) is 9.59 Å². The van der Waals surface area contributed by atoms with Gasteiger partial charge in [-0.3, -0.25) is 9.59 Å². The monoisotopic (exact) mass is 381 g/mol. The van der Waals surface area contributed by atoms with E-state index in [1.807, 2.05) is 25.8 Å². The van der Waals surface area contributed by atoms with Crippen molar-refractivity contribution in [2.75, 3.05) is 12.4 Å². The SMILES string of the molecule is CC(C)C[C@H](N)C(=O)Nc1ccc(C(=O)N(C)C2CCCCC2)cc1.Cl. The molecule has 0 unspecified atom stereocenters. The van der Waals surface area contributed by atoms with Crippen LogP contribution in [0.15, 0.2) is 24.3 Å². The number of nitrogens with two attached hydrogens (primary N) is 1. The van der Waals surface area contributed by atoms with Crippen molar-refractivity contribution in [3.8, 4) is 0 Å². The van der Waals surface area contributed by atoms with E-state index in [-0.39, 0.29) is 24.2 Å². The van der Waals surface area contributed by atoms with Gasteiger partial charge in [0.1, 0.15) is 0 Å². The Morgan fingerprint density at radius 3 is 2.27 bits per heavy atom. The second kappa shape index (κ2) is 10.5. The van der Waals surface area contributed by atoms with Gasteiger partial charge in [0, 0.05) is 24.3 Å². The van der Waals surface area contributed by atoms with Gasteiger partial charge < -0.3 is 16.0 Å². The summed E-state index contributed by atoms with van der Waals surface area (Å²) in [6, 6.07) is 6.90. The molecule has 1 aromatic carbocycles. The van der Waals surface area contributed by atoms with Gasteiger partial charge in [-0.25, -0.2) is 0 Å². The lowest BCUT2D eigenvalue weighted by Crippen LogP contribution is -2.38. The molecule has 2 rings (SSSR count). The van der Waals surface area contributed by atoms with Gasteiger partial charge in [0.05, 0.1) is 6.04 Å². The molecule has 0 heterocycles. The van der Waals surface area contributed by atoms with Crippen LogP contribution in [-0.2, 0) is 4.79 Å². The van der Waals surface area contributed by atoms with Crippen LogP contribution in [0, 0.1) is 5.92 Å². The number of nitrogens with zero attached hydrogens (tertiary/aromatic N) is 1. The molecule has 0 aliphatic heterocycles. The fraction of sp³-hybridized carbons (Fsp3) is 0.600. The second-order valence-electron chi connectivity index (χ2n) is 7.51. The number of carbonyl (C=O) groups is 2. The molecule has 1 saturated carbocycles. The average molecular weight is 382 g/mol. The molecule has 5 nitrogen and oxygen atoms in total. The van der Waals surface area contributed by atoms with Crippen molar-refractivity contribution in [2.24, 2.45) is 11.7 Å². The van der Waals surface area contributed by atoms with Gasteiger partial charge in [0.25, 0.3) is 5.91 Å². The lowest BCUT2D eigenvalue weighted by molar-refractivity contribution is -0.117. The molecule has 1 aliphatic rings. The van der Waals surface area contributed by atoms with Crippen LogP contribution in [0.3, 0.4) is 0 Å². The van der Waals surface area contributed by atoms with Gasteiger partial charge in [-0.1, -0.05) is 33.1 Å². The number of anilines is 1. The van der Waals surface area contributed by atoms with Gasteiger partial charge in [0.15, 0.2) is 0 Å². The Labute approximate surface area is 163 Å². The zero-order valence-corrected chi connectivity index (χ0v) is 16.8. The van der Waals surface area contributed by atoms with Crippen molar-refractivity contribution >= 4 is 29.9 Å². The first kappa shape index (κ1) is 22.5. The Bertz CT molecular complexity index is 583. The number of rotatable bonds is 6. The maximum atomic E-state index is 12.6. The summed E-state index contributed by atoms with van der Waals surface area (Å²) >= 11 is 0. The van der Waals surface area contributed by atoms with E-state index in [2.05, 4.69) is 5.32 Å². The molecule has 1 fully saturated rings. The van der Waals surface area contributed by atoms with Crippen LogP contribution in [0.25, 0.3) is 0 Å². The van der Waals surface area contributed by atoms with E-state index in [1.54, 1.807) is 24.3 Å². The topological polar surface area (TPSA) is 75.4 Å². The minimum absolute atomic E-state index is 0. The fourth-order valence-corrected chi connectivity index (χ4v) is 3.38. The molecule has 146 valence electrons. The van der Waals surface area contributed by atoms with E-state index in [0.717, 1.165) is 12.8 Å². The van der Waals surface area contributed by atoms with Gasteiger partial charge in [-0.15, -0.1) is 12.4 Å². The fourth-order valence-electron chi connectivity index (χ4n) is 3.38. The predicted molar refractivity (Wildman–Crippen MR) is 109 cm³/mol. The molecule has 1 aliphatic carbocycles. The number of hydrogen-bond donors (Lipinski definition) is 2. The zero-order chi connectivity index (χ0) is 18.4. The highest BCUT2D eigenvalue weighted by atomic mass is 35.5. The number of carbonyl (C=O) groups excluding carboxylic acids is 2. The van der Waals surface area contributed by atoms with Crippen LogP contribution >= 0.6 is 12.4 Å². The predicted octanol–water partition coefficient (Wildman–Crippen LogP) is 3.83. The van der Waals surface area contributed by atoms with Crippen LogP contribution in [0.1, 0.15) is 62.7 Å². The summed E-state index contributed by atoms with van der Waals surface area (Å²) in [7, 11) is 1.89.